The van der Waals surface area contributed by atoms with Crippen molar-refractivity contribution in [3.63, 3.8) is 0 Å². The van der Waals surface area contributed by atoms with E-state index in [0.29, 0.717) is 5.57 Å². The molecule has 0 aromatic heterocycles. The second-order valence-electron chi connectivity index (χ2n) is 9.07. The molecular formula is C28H36O4. The van der Waals surface area contributed by atoms with Gasteiger partial charge in [-0.15, -0.1) is 0 Å². The van der Waals surface area contributed by atoms with E-state index >= 15 is 0 Å². The summed E-state index contributed by atoms with van der Waals surface area (Å²) in [6, 6.07) is 0. The zero-order chi connectivity index (χ0) is 24.6. The predicted molar refractivity (Wildman–Crippen MR) is 130 cm³/mol. The zero-order valence-corrected chi connectivity index (χ0v) is 20.7. The van der Waals surface area contributed by atoms with Crippen LogP contribution in [0.5, 0.6) is 0 Å². The first kappa shape index (κ1) is 27.2. The molecule has 2 atom stereocenters. The third-order valence-electron chi connectivity index (χ3n) is 5.67. The van der Waals surface area contributed by atoms with E-state index < -0.39 is 17.5 Å². The normalized spacial score (nSPS) is 16.6. The van der Waals surface area contributed by atoms with Crippen LogP contribution in [0.25, 0.3) is 0 Å². The molecule has 4 nitrogen and oxygen atoms in total. The molecule has 1 rings (SSSR count). The Hall–Kier alpha value is -2.88. The Labute approximate surface area is 192 Å². The molecule has 0 heterocycles. The SMILES string of the molecule is CC(C)=CCC/C(C)=C/C(=O)C(C=C(C)C)C(C)/C(C)=C(\C)C(=O)C1=CC(=O)C=CC1=O. The topological polar surface area (TPSA) is 68.3 Å². The molecule has 0 aromatic carbocycles. The lowest BCUT2D eigenvalue weighted by Gasteiger charge is -2.23. The van der Waals surface area contributed by atoms with Gasteiger partial charge in [-0.05, 0) is 91.0 Å². The Bertz CT molecular complexity index is 969. The molecule has 0 spiro atoms. The summed E-state index contributed by atoms with van der Waals surface area (Å²) in [6.07, 6.45) is 10.9. The van der Waals surface area contributed by atoms with Crippen LogP contribution in [0, 0.1) is 11.8 Å². The number of rotatable bonds is 10. The van der Waals surface area contributed by atoms with Crippen LogP contribution in [0.1, 0.15) is 68.2 Å². The highest BCUT2D eigenvalue weighted by molar-refractivity contribution is 6.34. The van der Waals surface area contributed by atoms with Crippen LogP contribution in [-0.2, 0) is 19.2 Å². The fraction of sp³-hybridized carbons (Fsp3) is 0.429. The van der Waals surface area contributed by atoms with E-state index in [-0.39, 0.29) is 23.1 Å². The van der Waals surface area contributed by atoms with Crippen molar-refractivity contribution in [3.05, 3.63) is 69.9 Å². The van der Waals surface area contributed by atoms with Crippen molar-refractivity contribution in [2.45, 2.75) is 68.2 Å². The third-order valence-corrected chi connectivity index (χ3v) is 5.67. The molecule has 0 fully saturated rings. The van der Waals surface area contributed by atoms with Crippen LogP contribution in [0.2, 0.25) is 0 Å². The second kappa shape index (κ2) is 12.2. The molecular weight excluding hydrogens is 400 g/mol. The Morgan fingerprint density at radius 1 is 0.938 bits per heavy atom. The summed E-state index contributed by atoms with van der Waals surface area (Å²) in [5, 5.41) is 0. The minimum Gasteiger partial charge on any atom is -0.294 e. The molecule has 2 unspecified atom stereocenters. The molecule has 0 saturated heterocycles. The fourth-order valence-corrected chi connectivity index (χ4v) is 3.51. The highest BCUT2D eigenvalue weighted by Gasteiger charge is 2.28. The van der Waals surface area contributed by atoms with E-state index in [0.717, 1.165) is 47.8 Å². The number of hydrogen-bond donors (Lipinski definition) is 0. The zero-order valence-electron chi connectivity index (χ0n) is 20.7. The first-order chi connectivity index (χ1) is 14.8. The minimum absolute atomic E-state index is 0.000863. The Balaban J connectivity index is 3.21. The Morgan fingerprint density at radius 2 is 1.56 bits per heavy atom. The number of ketones is 4. The molecule has 0 aromatic rings. The summed E-state index contributed by atoms with van der Waals surface area (Å²) in [5.74, 6) is -1.97. The quantitative estimate of drug-likeness (QED) is 0.182. The molecule has 0 radical (unpaired) electrons. The molecule has 1 aliphatic rings. The summed E-state index contributed by atoms with van der Waals surface area (Å²) in [7, 11) is 0. The van der Waals surface area contributed by atoms with E-state index in [4.69, 9.17) is 0 Å². The molecule has 172 valence electrons. The van der Waals surface area contributed by atoms with Gasteiger partial charge in [0.05, 0.1) is 5.57 Å². The lowest BCUT2D eigenvalue weighted by atomic mass is 9.80. The van der Waals surface area contributed by atoms with Crippen molar-refractivity contribution in [2.24, 2.45) is 11.8 Å². The van der Waals surface area contributed by atoms with Crippen molar-refractivity contribution in [1.29, 1.82) is 0 Å². The van der Waals surface area contributed by atoms with Gasteiger partial charge >= 0.3 is 0 Å². The van der Waals surface area contributed by atoms with Crippen molar-refractivity contribution in [1.82, 2.24) is 0 Å². The first-order valence-electron chi connectivity index (χ1n) is 11.0. The maximum Gasteiger partial charge on any atom is 0.192 e. The summed E-state index contributed by atoms with van der Waals surface area (Å²) >= 11 is 0. The van der Waals surface area contributed by atoms with Gasteiger partial charge < -0.3 is 0 Å². The van der Waals surface area contributed by atoms with Crippen LogP contribution in [0.4, 0.5) is 0 Å². The van der Waals surface area contributed by atoms with E-state index in [2.05, 4.69) is 19.9 Å². The van der Waals surface area contributed by atoms with Crippen molar-refractivity contribution in [3.8, 4) is 0 Å². The summed E-state index contributed by atoms with van der Waals surface area (Å²) in [6.45, 7) is 15.3. The van der Waals surface area contributed by atoms with Gasteiger partial charge in [-0.2, -0.15) is 0 Å². The van der Waals surface area contributed by atoms with Gasteiger partial charge in [-0.25, -0.2) is 0 Å². The largest absolute Gasteiger partial charge is 0.294 e. The summed E-state index contributed by atoms with van der Waals surface area (Å²) < 4.78 is 0. The number of hydrogen-bond acceptors (Lipinski definition) is 4. The van der Waals surface area contributed by atoms with Gasteiger partial charge in [0.2, 0.25) is 0 Å². The number of allylic oxidation sites excluding steroid dienone is 12. The van der Waals surface area contributed by atoms with Gasteiger partial charge in [-0.3, -0.25) is 19.2 Å². The molecule has 0 amide bonds. The number of carbonyl (C=O) groups is 4. The lowest BCUT2D eigenvalue weighted by Crippen LogP contribution is -2.23. The first-order valence-corrected chi connectivity index (χ1v) is 11.0. The molecule has 0 N–H and O–H groups in total. The highest BCUT2D eigenvalue weighted by atomic mass is 16.2. The average molecular weight is 437 g/mol. The summed E-state index contributed by atoms with van der Waals surface area (Å²) in [5.41, 5.74) is 4.29. The van der Waals surface area contributed by atoms with E-state index in [1.165, 1.54) is 5.57 Å². The van der Waals surface area contributed by atoms with E-state index in [1.54, 1.807) is 13.0 Å². The van der Waals surface area contributed by atoms with E-state index in [1.807, 2.05) is 40.7 Å². The predicted octanol–water partition coefficient (Wildman–Crippen LogP) is 6.01. The Morgan fingerprint density at radius 3 is 2.12 bits per heavy atom. The van der Waals surface area contributed by atoms with Crippen LogP contribution in [0.15, 0.2) is 69.9 Å². The van der Waals surface area contributed by atoms with Crippen LogP contribution in [0.3, 0.4) is 0 Å². The van der Waals surface area contributed by atoms with Gasteiger partial charge in [0.15, 0.2) is 23.1 Å². The number of carbonyl (C=O) groups excluding carboxylic acids is 4. The average Bonchev–Trinajstić information content (AvgIpc) is 2.71. The van der Waals surface area contributed by atoms with Gasteiger partial charge in [0, 0.05) is 12.0 Å². The summed E-state index contributed by atoms with van der Waals surface area (Å²) in [4.78, 5) is 49.8. The van der Waals surface area contributed by atoms with E-state index in [9.17, 15) is 19.2 Å². The van der Waals surface area contributed by atoms with Gasteiger partial charge in [-0.1, -0.05) is 41.4 Å². The molecule has 4 heteroatoms. The molecule has 1 aliphatic carbocycles. The monoisotopic (exact) mass is 436 g/mol. The fourth-order valence-electron chi connectivity index (χ4n) is 3.51. The third kappa shape index (κ3) is 7.99. The highest BCUT2D eigenvalue weighted by Crippen LogP contribution is 2.28. The van der Waals surface area contributed by atoms with Crippen LogP contribution >= 0.6 is 0 Å². The smallest absolute Gasteiger partial charge is 0.192 e. The molecule has 0 bridgehead atoms. The van der Waals surface area contributed by atoms with Crippen LogP contribution < -0.4 is 0 Å². The maximum atomic E-state index is 13.2. The van der Waals surface area contributed by atoms with Crippen molar-refractivity contribution < 1.29 is 19.2 Å². The second-order valence-corrected chi connectivity index (χ2v) is 9.07. The molecule has 32 heavy (non-hydrogen) atoms. The minimum atomic E-state index is -0.471. The van der Waals surface area contributed by atoms with Crippen molar-refractivity contribution >= 4 is 23.1 Å². The maximum absolute atomic E-state index is 13.2. The van der Waals surface area contributed by atoms with Crippen molar-refractivity contribution in [2.75, 3.05) is 0 Å². The van der Waals surface area contributed by atoms with Crippen LogP contribution in [-0.4, -0.2) is 23.1 Å². The molecule has 0 saturated carbocycles. The molecule has 0 aliphatic heterocycles. The lowest BCUT2D eigenvalue weighted by molar-refractivity contribution is -0.119. The Kier molecular flexibility index (Phi) is 10.4. The number of Topliss-reactive ketones (excluding diaryl/α,β-unsaturated/α-hetero) is 1. The van der Waals surface area contributed by atoms with Gasteiger partial charge in [0.25, 0.3) is 0 Å². The van der Waals surface area contributed by atoms with Gasteiger partial charge in [0.1, 0.15) is 0 Å². The standard InChI is InChI=1S/C28H36O4/c1-17(2)10-9-11-19(5)15-27(31)24(14-18(3)4)21(7)20(6)22(8)28(32)25-16-23(29)12-13-26(25)30/h10,12-16,21,24H,9,11H2,1-8H3/b19-15+,22-20+.